The molecule has 2 aromatic heterocycles. The molecule has 2 atom stereocenters. The minimum Gasteiger partial charge on any atom is -0.393 e. The van der Waals surface area contributed by atoms with Gasteiger partial charge in [-0.2, -0.15) is 0 Å². The molecule has 0 spiro atoms. The van der Waals surface area contributed by atoms with Crippen molar-refractivity contribution in [1.82, 2.24) is 14.5 Å². The van der Waals surface area contributed by atoms with Crippen LogP contribution in [-0.2, 0) is 17.8 Å². The van der Waals surface area contributed by atoms with Crippen LogP contribution in [0.15, 0.2) is 48.5 Å². The minimum atomic E-state index is -1.28. The number of aliphatic hydroxyl groups excluding tert-OH is 1. The first-order valence-corrected chi connectivity index (χ1v) is 11.8. The summed E-state index contributed by atoms with van der Waals surface area (Å²) in [5.74, 6) is -0.0580. The maximum absolute atomic E-state index is 13.2. The summed E-state index contributed by atoms with van der Waals surface area (Å²) < 4.78 is 10.6. The van der Waals surface area contributed by atoms with Crippen molar-refractivity contribution in [2.24, 2.45) is 0 Å². The van der Waals surface area contributed by atoms with E-state index in [1.807, 2.05) is 30.3 Å². The monoisotopic (exact) mass is 455 g/mol. The Morgan fingerprint density at radius 1 is 1.06 bits per heavy atom. The number of aryl methyl sites for hydroxylation is 1. The Labute approximate surface area is 195 Å². The van der Waals surface area contributed by atoms with Crippen molar-refractivity contribution in [3.8, 4) is 0 Å². The number of benzene rings is 3. The molecule has 7 rings (SSSR count). The van der Waals surface area contributed by atoms with Gasteiger partial charge in [0, 0.05) is 46.6 Å². The van der Waals surface area contributed by atoms with Gasteiger partial charge in [0.2, 0.25) is 0 Å². The van der Waals surface area contributed by atoms with Crippen LogP contribution < -0.4 is 5.32 Å². The van der Waals surface area contributed by atoms with Crippen molar-refractivity contribution in [1.29, 1.82) is 0 Å². The van der Waals surface area contributed by atoms with Crippen LogP contribution in [0.1, 0.15) is 35.5 Å². The second kappa shape index (κ2) is 6.82. The van der Waals surface area contributed by atoms with Gasteiger partial charge in [0.05, 0.1) is 35.3 Å². The maximum atomic E-state index is 13.2. The Kier molecular flexibility index (Phi) is 4.02. The molecule has 2 aliphatic heterocycles. The van der Waals surface area contributed by atoms with Crippen LogP contribution in [0, 0.1) is 0 Å². The first-order chi connectivity index (χ1) is 16.6. The van der Waals surface area contributed by atoms with E-state index in [2.05, 4.69) is 39.6 Å². The number of nitrogens with zero attached hydrogens (tertiary/aromatic N) is 2. The van der Waals surface area contributed by atoms with E-state index < -0.39 is 11.8 Å². The van der Waals surface area contributed by atoms with Gasteiger partial charge in [-0.05, 0) is 24.6 Å². The molecule has 0 radical (unpaired) electrons. The molecule has 7 nitrogen and oxygen atoms in total. The van der Waals surface area contributed by atoms with Crippen LogP contribution in [0.2, 0.25) is 0 Å². The lowest BCUT2D eigenvalue weighted by Gasteiger charge is -2.19. The quantitative estimate of drug-likeness (QED) is 0.386. The number of aromatic nitrogens is 2. The molecule has 7 heteroatoms. The molecule has 5 aromatic rings. The molecule has 3 aromatic carbocycles. The third-order valence-corrected chi connectivity index (χ3v) is 7.61. The van der Waals surface area contributed by atoms with Crippen LogP contribution in [0.25, 0.3) is 43.6 Å². The summed E-state index contributed by atoms with van der Waals surface area (Å²) in [6.07, 6.45) is -0.192. The maximum Gasteiger partial charge on any atom is 0.252 e. The van der Waals surface area contributed by atoms with E-state index >= 15 is 0 Å². The van der Waals surface area contributed by atoms with E-state index in [1.165, 1.54) is 0 Å². The smallest absolute Gasteiger partial charge is 0.252 e. The fourth-order valence-corrected chi connectivity index (χ4v) is 6.16. The highest BCUT2D eigenvalue weighted by atomic mass is 16.5. The second-order valence-electron chi connectivity index (χ2n) is 9.48. The summed E-state index contributed by atoms with van der Waals surface area (Å²) in [6, 6.07) is 16.4. The van der Waals surface area contributed by atoms with Gasteiger partial charge in [-0.1, -0.05) is 36.4 Å². The van der Waals surface area contributed by atoms with Crippen molar-refractivity contribution in [3.63, 3.8) is 0 Å². The number of hydrogen-bond donors (Lipinski definition) is 3. The molecule has 2 aliphatic rings. The van der Waals surface area contributed by atoms with Gasteiger partial charge < -0.3 is 29.4 Å². The summed E-state index contributed by atoms with van der Waals surface area (Å²) in [7, 11) is 0. The lowest BCUT2D eigenvalue weighted by atomic mass is 9.97. The van der Waals surface area contributed by atoms with E-state index in [1.54, 1.807) is 0 Å². The molecule has 0 saturated carbocycles. The lowest BCUT2D eigenvalue weighted by molar-refractivity contribution is -0.0233. The molecule has 0 aliphatic carbocycles. The molecule has 1 saturated heterocycles. The Balaban J connectivity index is 1.75. The van der Waals surface area contributed by atoms with E-state index in [4.69, 9.17) is 4.74 Å². The Bertz CT molecular complexity index is 1660. The Morgan fingerprint density at radius 2 is 1.76 bits per heavy atom. The zero-order valence-corrected chi connectivity index (χ0v) is 18.8. The van der Waals surface area contributed by atoms with Gasteiger partial charge >= 0.3 is 0 Å². The fraction of sp³-hybridized carbons (Fsp3) is 0.296. The van der Waals surface area contributed by atoms with Gasteiger partial charge in [-0.25, -0.2) is 0 Å². The van der Waals surface area contributed by atoms with Gasteiger partial charge in [-0.15, -0.1) is 0 Å². The lowest BCUT2D eigenvalue weighted by Crippen LogP contribution is -2.33. The van der Waals surface area contributed by atoms with Crippen molar-refractivity contribution in [3.05, 3.63) is 59.7 Å². The van der Waals surface area contributed by atoms with Crippen molar-refractivity contribution in [2.45, 2.75) is 38.3 Å². The molecule has 3 N–H and O–H groups in total. The second-order valence-corrected chi connectivity index (χ2v) is 9.48. The van der Waals surface area contributed by atoms with Crippen LogP contribution in [0.4, 0.5) is 0 Å². The van der Waals surface area contributed by atoms with Crippen LogP contribution in [0.3, 0.4) is 0 Å². The normalized spacial score (nSPS) is 22.4. The zero-order chi connectivity index (χ0) is 23.2. The van der Waals surface area contributed by atoms with E-state index in [-0.39, 0.29) is 25.5 Å². The summed E-state index contributed by atoms with van der Waals surface area (Å²) in [5, 5.41) is 27.8. The molecular formula is C27H25N3O4. The molecule has 4 heterocycles. The Hall–Kier alpha value is -3.39. The predicted molar refractivity (Wildman–Crippen MR) is 131 cm³/mol. The third kappa shape index (κ3) is 2.39. The molecule has 1 amide bonds. The minimum absolute atomic E-state index is 0.0580. The standard InChI is InChI=1S/C27H25N3O4/c1-2-29-18-9-5-3-7-15(18)21-17-12-28-26(32)23(17)22-16-8-4-6-10-19(16)30(25(22)24(21)29)20-11-27(33,13-31)14-34-20/h3-10,20,31,33H,2,11-14H2,1H3,(H,28,32). The third-order valence-electron chi connectivity index (χ3n) is 7.61. The van der Waals surface area contributed by atoms with Gasteiger partial charge in [0.25, 0.3) is 5.91 Å². The number of ether oxygens (including phenoxy) is 1. The molecule has 2 unspecified atom stereocenters. The van der Waals surface area contributed by atoms with Crippen molar-refractivity contribution >= 4 is 49.5 Å². The van der Waals surface area contributed by atoms with Crippen molar-refractivity contribution in [2.75, 3.05) is 13.2 Å². The van der Waals surface area contributed by atoms with E-state index in [0.717, 1.165) is 61.3 Å². The predicted octanol–water partition coefficient (Wildman–Crippen LogP) is 3.81. The van der Waals surface area contributed by atoms with E-state index in [9.17, 15) is 15.0 Å². The van der Waals surface area contributed by atoms with Gasteiger partial charge in [0.1, 0.15) is 11.8 Å². The highest BCUT2D eigenvalue weighted by Crippen LogP contribution is 2.47. The summed E-state index contributed by atoms with van der Waals surface area (Å²) in [4.78, 5) is 13.2. The summed E-state index contributed by atoms with van der Waals surface area (Å²) >= 11 is 0. The van der Waals surface area contributed by atoms with Crippen LogP contribution in [-0.4, -0.2) is 44.1 Å². The number of amides is 1. The van der Waals surface area contributed by atoms with Crippen LogP contribution >= 0.6 is 0 Å². The number of fused-ring (bicyclic) bond motifs is 10. The SMILES string of the molecule is CCn1c2ccccc2c2c3c(c4c5ccccc5n(C5CC(O)(CO)CO5)c4c21)C(=O)NC3. The van der Waals surface area contributed by atoms with Gasteiger partial charge in [0.15, 0.2) is 0 Å². The average Bonchev–Trinajstić information content (AvgIpc) is 3.60. The largest absolute Gasteiger partial charge is 0.393 e. The Morgan fingerprint density at radius 3 is 2.47 bits per heavy atom. The molecule has 34 heavy (non-hydrogen) atoms. The number of rotatable bonds is 3. The first-order valence-electron chi connectivity index (χ1n) is 11.8. The highest BCUT2D eigenvalue weighted by molar-refractivity contribution is 6.30. The zero-order valence-electron chi connectivity index (χ0n) is 18.8. The number of hydrogen-bond acceptors (Lipinski definition) is 4. The summed E-state index contributed by atoms with van der Waals surface area (Å²) in [5.41, 5.74) is 4.58. The summed E-state index contributed by atoms with van der Waals surface area (Å²) in [6.45, 7) is 3.11. The highest BCUT2D eigenvalue weighted by Gasteiger charge is 2.41. The molecular weight excluding hydrogens is 430 g/mol. The molecule has 0 bridgehead atoms. The number of aliphatic hydroxyl groups is 2. The number of carbonyl (C=O) groups is 1. The van der Waals surface area contributed by atoms with Crippen molar-refractivity contribution < 1.29 is 19.7 Å². The number of nitrogens with one attached hydrogen (secondary N) is 1. The molecule has 1 fully saturated rings. The fourth-order valence-electron chi connectivity index (χ4n) is 6.16. The van der Waals surface area contributed by atoms with E-state index in [0.29, 0.717) is 6.54 Å². The van der Waals surface area contributed by atoms with Crippen LogP contribution in [0.5, 0.6) is 0 Å². The number of carbonyl (C=O) groups excluding carboxylic acids is 1. The first kappa shape index (κ1) is 20.0. The molecule has 172 valence electrons. The topological polar surface area (TPSA) is 88.7 Å². The number of para-hydroxylation sites is 2. The average molecular weight is 456 g/mol. The van der Waals surface area contributed by atoms with Gasteiger partial charge in [-0.3, -0.25) is 4.79 Å².